The quantitative estimate of drug-likeness (QED) is 0.758. The molecule has 1 aliphatic heterocycles. The van der Waals surface area contributed by atoms with Gasteiger partial charge in [-0.2, -0.15) is 0 Å². The SMILES string of the molecule is CC(CNCCc1ccccn1)N1CCCC1. The molecule has 0 saturated carbocycles. The summed E-state index contributed by atoms with van der Waals surface area (Å²) in [4.78, 5) is 6.90. The summed E-state index contributed by atoms with van der Waals surface area (Å²) in [5.41, 5.74) is 1.17. The minimum Gasteiger partial charge on any atom is -0.315 e. The fraction of sp³-hybridized carbons (Fsp3) is 0.643. The maximum absolute atomic E-state index is 4.32. The third-order valence-electron chi connectivity index (χ3n) is 3.49. The summed E-state index contributed by atoms with van der Waals surface area (Å²) in [5.74, 6) is 0. The van der Waals surface area contributed by atoms with Crippen LogP contribution in [0.5, 0.6) is 0 Å². The van der Waals surface area contributed by atoms with Crippen LogP contribution in [0.2, 0.25) is 0 Å². The van der Waals surface area contributed by atoms with Crippen LogP contribution < -0.4 is 5.32 Å². The van der Waals surface area contributed by atoms with E-state index in [1.54, 1.807) is 0 Å². The number of nitrogens with one attached hydrogen (secondary N) is 1. The zero-order valence-corrected chi connectivity index (χ0v) is 10.7. The van der Waals surface area contributed by atoms with Crippen LogP contribution in [0.4, 0.5) is 0 Å². The molecule has 1 unspecified atom stereocenters. The lowest BCUT2D eigenvalue weighted by molar-refractivity contribution is 0.252. The van der Waals surface area contributed by atoms with Crippen LogP contribution in [0, 0.1) is 0 Å². The average Bonchev–Trinajstić information content (AvgIpc) is 2.89. The molecular formula is C14H23N3. The summed E-state index contributed by atoms with van der Waals surface area (Å²) >= 11 is 0. The van der Waals surface area contributed by atoms with E-state index in [4.69, 9.17) is 0 Å². The van der Waals surface area contributed by atoms with Crippen LogP contribution in [0.1, 0.15) is 25.5 Å². The molecule has 94 valence electrons. The summed E-state index contributed by atoms with van der Waals surface area (Å²) in [6.45, 7) is 6.99. The minimum atomic E-state index is 0.668. The van der Waals surface area contributed by atoms with E-state index >= 15 is 0 Å². The summed E-state index contributed by atoms with van der Waals surface area (Å²) in [6, 6.07) is 6.77. The number of hydrogen-bond acceptors (Lipinski definition) is 3. The molecule has 1 aromatic heterocycles. The molecule has 2 heterocycles. The molecule has 3 heteroatoms. The smallest absolute Gasteiger partial charge is 0.0416 e. The van der Waals surface area contributed by atoms with Crippen molar-refractivity contribution in [2.45, 2.75) is 32.2 Å². The van der Waals surface area contributed by atoms with Crippen molar-refractivity contribution in [1.82, 2.24) is 15.2 Å². The van der Waals surface area contributed by atoms with Crippen LogP contribution in [-0.4, -0.2) is 42.1 Å². The van der Waals surface area contributed by atoms with Gasteiger partial charge in [-0.05, 0) is 45.0 Å². The Kier molecular flexibility index (Phi) is 4.95. The number of likely N-dealkylation sites (tertiary alicyclic amines) is 1. The van der Waals surface area contributed by atoms with Crippen LogP contribution in [0.25, 0.3) is 0 Å². The molecule has 0 aliphatic carbocycles. The lowest BCUT2D eigenvalue weighted by atomic mass is 10.2. The zero-order chi connectivity index (χ0) is 11.9. The standard InChI is InChI=1S/C14H23N3/c1-13(17-10-4-5-11-17)12-15-9-7-14-6-2-3-8-16-14/h2-3,6,8,13,15H,4-5,7,9-12H2,1H3. The molecule has 1 aliphatic rings. The monoisotopic (exact) mass is 233 g/mol. The summed E-state index contributed by atoms with van der Waals surface area (Å²) in [7, 11) is 0. The lowest BCUT2D eigenvalue weighted by Crippen LogP contribution is -2.39. The molecule has 0 spiro atoms. The molecule has 1 saturated heterocycles. The summed E-state index contributed by atoms with van der Waals surface area (Å²) in [5, 5.41) is 3.53. The molecule has 1 N–H and O–H groups in total. The Labute approximate surface area is 104 Å². The van der Waals surface area contributed by atoms with Crippen molar-refractivity contribution in [1.29, 1.82) is 0 Å². The predicted octanol–water partition coefficient (Wildman–Crippen LogP) is 1.70. The molecule has 17 heavy (non-hydrogen) atoms. The fourth-order valence-electron chi connectivity index (χ4n) is 2.38. The van der Waals surface area contributed by atoms with Crippen LogP contribution >= 0.6 is 0 Å². The highest BCUT2D eigenvalue weighted by atomic mass is 15.2. The first-order valence-electron chi connectivity index (χ1n) is 6.71. The fourth-order valence-corrected chi connectivity index (χ4v) is 2.38. The highest BCUT2D eigenvalue weighted by molar-refractivity contribution is 5.03. The Morgan fingerprint density at radius 3 is 2.88 bits per heavy atom. The molecule has 3 nitrogen and oxygen atoms in total. The zero-order valence-electron chi connectivity index (χ0n) is 10.7. The van der Waals surface area contributed by atoms with Gasteiger partial charge in [-0.1, -0.05) is 6.07 Å². The second kappa shape index (κ2) is 6.72. The Balaban J connectivity index is 1.59. The second-order valence-corrected chi connectivity index (χ2v) is 4.87. The molecule has 0 radical (unpaired) electrons. The van der Waals surface area contributed by atoms with Crippen molar-refractivity contribution in [3.63, 3.8) is 0 Å². The van der Waals surface area contributed by atoms with E-state index in [9.17, 15) is 0 Å². The molecule has 1 aromatic rings. The second-order valence-electron chi connectivity index (χ2n) is 4.87. The Morgan fingerprint density at radius 1 is 1.35 bits per heavy atom. The van der Waals surface area contributed by atoms with E-state index in [1.807, 2.05) is 12.3 Å². The number of pyridine rings is 1. The summed E-state index contributed by atoms with van der Waals surface area (Å²) < 4.78 is 0. The van der Waals surface area contributed by atoms with Crippen molar-refractivity contribution >= 4 is 0 Å². The number of rotatable bonds is 6. The van der Waals surface area contributed by atoms with E-state index in [2.05, 4.69) is 34.3 Å². The van der Waals surface area contributed by atoms with Gasteiger partial charge in [0.25, 0.3) is 0 Å². The highest BCUT2D eigenvalue weighted by Crippen LogP contribution is 2.10. The van der Waals surface area contributed by atoms with E-state index in [0.29, 0.717) is 6.04 Å². The molecule has 1 fully saturated rings. The molecule has 2 rings (SSSR count). The van der Waals surface area contributed by atoms with Gasteiger partial charge in [0.15, 0.2) is 0 Å². The first-order valence-corrected chi connectivity index (χ1v) is 6.71. The van der Waals surface area contributed by atoms with Gasteiger partial charge >= 0.3 is 0 Å². The molecular weight excluding hydrogens is 210 g/mol. The van der Waals surface area contributed by atoms with Crippen molar-refractivity contribution in [3.05, 3.63) is 30.1 Å². The lowest BCUT2D eigenvalue weighted by Gasteiger charge is -2.23. The topological polar surface area (TPSA) is 28.2 Å². The molecule has 0 bridgehead atoms. The van der Waals surface area contributed by atoms with E-state index in [-0.39, 0.29) is 0 Å². The van der Waals surface area contributed by atoms with Crippen molar-refractivity contribution in [2.24, 2.45) is 0 Å². The van der Waals surface area contributed by atoms with Crippen LogP contribution in [-0.2, 0) is 6.42 Å². The molecule has 0 amide bonds. The van der Waals surface area contributed by atoms with Crippen molar-refractivity contribution < 1.29 is 0 Å². The number of hydrogen-bond donors (Lipinski definition) is 1. The normalized spacial score (nSPS) is 18.4. The Bertz CT molecular complexity index is 307. The number of nitrogens with zero attached hydrogens (tertiary/aromatic N) is 2. The van der Waals surface area contributed by atoms with Gasteiger partial charge in [-0.3, -0.25) is 9.88 Å². The van der Waals surface area contributed by atoms with Gasteiger partial charge in [0.2, 0.25) is 0 Å². The van der Waals surface area contributed by atoms with Gasteiger partial charge in [0.1, 0.15) is 0 Å². The van der Waals surface area contributed by atoms with Gasteiger partial charge in [-0.15, -0.1) is 0 Å². The summed E-state index contributed by atoms with van der Waals surface area (Å²) in [6.07, 6.45) is 5.63. The van der Waals surface area contributed by atoms with E-state index in [1.165, 1.54) is 31.6 Å². The third kappa shape index (κ3) is 4.10. The maximum atomic E-state index is 4.32. The van der Waals surface area contributed by atoms with Crippen LogP contribution in [0.15, 0.2) is 24.4 Å². The highest BCUT2D eigenvalue weighted by Gasteiger charge is 2.16. The van der Waals surface area contributed by atoms with Gasteiger partial charge in [-0.25, -0.2) is 0 Å². The Morgan fingerprint density at radius 2 is 2.18 bits per heavy atom. The first kappa shape index (κ1) is 12.5. The van der Waals surface area contributed by atoms with Gasteiger partial charge in [0.05, 0.1) is 0 Å². The molecule has 1 atom stereocenters. The van der Waals surface area contributed by atoms with Crippen LogP contribution in [0.3, 0.4) is 0 Å². The predicted molar refractivity (Wildman–Crippen MR) is 71.1 cm³/mol. The van der Waals surface area contributed by atoms with E-state index in [0.717, 1.165) is 19.5 Å². The van der Waals surface area contributed by atoms with Gasteiger partial charge in [0, 0.05) is 37.4 Å². The van der Waals surface area contributed by atoms with Gasteiger partial charge < -0.3 is 5.32 Å². The Hall–Kier alpha value is -0.930. The third-order valence-corrected chi connectivity index (χ3v) is 3.49. The average molecular weight is 233 g/mol. The molecule has 0 aromatic carbocycles. The van der Waals surface area contributed by atoms with Crippen molar-refractivity contribution in [3.8, 4) is 0 Å². The van der Waals surface area contributed by atoms with Crippen molar-refractivity contribution in [2.75, 3.05) is 26.2 Å². The maximum Gasteiger partial charge on any atom is 0.0416 e. The van der Waals surface area contributed by atoms with E-state index < -0.39 is 0 Å². The number of aromatic nitrogens is 1. The minimum absolute atomic E-state index is 0.668. The largest absolute Gasteiger partial charge is 0.315 e. The first-order chi connectivity index (χ1) is 8.36.